The van der Waals surface area contributed by atoms with Crippen LogP contribution in [0.3, 0.4) is 0 Å². The molecule has 3 aromatic rings. The average molecular weight is 323 g/mol. The molecule has 6 heteroatoms. The minimum Gasteiger partial charge on any atom is -0.484 e. The molecule has 0 aliphatic rings. The van der Waals surface area contributed by atoms with Crippen LogP contribution in [-0.4, -0.2) is 22.7 Å². The topological polar surface area (TPSA) is 77.2 Å². The van der Waals surface area contributed by atoms with E-state index >= 15 is 0 Å². The van der Waals surface area contributed by atoms with Crippen molar-refractivity contribution in [2.75, 3.05) is 11.9 Å². The van der Waals surface area contributed by atoms with E-state index in [4.69, 9.17) is 9.15 Å². The first-order valence-corrected chi connectivity index (χ1v) is 7.55. The molecule has 0 aliphatic heterocycles. The van der Waals surface area contributed by atoms with Crippen LogP contribution in [0.15, 0.2) is 59.0 Å². The number of anilines is 1. The van der Waals surface area contributed by atoms with Gasteiger partial charge < -0.3 is 9.15 Å². The highest BCUT2D eigenvalue weighted by Gasteiger charge is 2.11. The molecule has 0 saturated carbocycles. The molecule has 1 N–H and O–H groups in total. The molecule has 2 aromatic carbocycles. The third-order valence-corrected chi connectivity index (χ3v) is 3.30. The van der Waals surface area contributed by atoms with E-state index < -0.39 is 0 Å². The van der Waals surface area contributed by atoms with Crippen LogP contribution in [0.25, 0.3) is 0 Å². The summed E-state index contributed by atoms with van der Waals surface area (Å²) in [5.41, 5.74) is 2.19. The minimum atomic E-state index is -0.356. The summed E-state index contributed by atoms with van der Waals surface area (Å²) in [4.78, 5) is 11.9. The summed E-state index contributed by atoms with van der Waals surface area (Å²) in [6, 6.07) is 17.3. The largest absolute Gasteiger partial charge is 0.484 e. The number of aromatic nitrogens is 2. The zero-order valence-corrected chi connectivity index (χ0v) is 13.2. The standard InChI is InChI=1S/C18H17N3O3/c1-13-7-9-15(10-8-13)23-12-16(22)19-18-21-20-17(24-18)11-14-5-3-2-4-6-14/h2-10H,11-12H2,1H3,(H,19,21,22). The molecule has 0 radical (unpaired) electrons. The van der Waals surface area contributed by atoms with Crippen LogP contribution < -0.4 is 10.1 Å². The summed E-state index contributed by atoms with van der Waals surface area (Å²) in [7, 11) is 0. The van der Waals surface area contributed by atoms with Crippen molar-refractivity contribution in [3.05, 3.63) is 71.6 Å². The summed E-state index contributed by atoms with van der Waals surface area (Å²) in [6.45, 7) is 1.86. The first kappa shape index (κ1) is 15.7. The Hall–Kier alpha value is -3.15. The number of nitrogens with one attached hydrogen (secondary N) is 1. The fourth-order valence-electron chi connectivity index (χ4n) is 2.08. The van der Waals surface area contributed by atoms with Gasteiger partial charge in [0.1, 0.15) is 5.75 Å². The number of rotatable bonds is 6. The lowest BCUT2D eigenvalue weighted by molar-refractivity contribution is -0.118. The second kappa shape index (κ2) is 7.41. The van der Waals surface area contributed by atoms with Gasteiger partial charge in [0, 0.05) is 0 Å². The van der Waals surface area contributed by atoms with E-state index in [0.717, 1.165) is 11.1 Å². The Kier molecular flexibility index (Phi) is 4.86. The zero-order valence-electron chi connectivity index (χ0n) is 13.2. The van der Waals surface area contributed by atoms with Crippen LogP contribution in [-0.2, 0) is 11.2 Å². The molecule has 6 nitrogen and oxygen atoms in total. The Balaban J connectivity index is 1.50. The molecular weight excluding hydrogens is 306 g/mol. The molecular formula is C18H17N3O3. The molecule has 0 aliphatic carbocycles. The average Bonchev–Trinajstić information content (AvgIpc) is 3.02. The van der Waals surface area contributed by atoms with Crippen molar-refractivity contribution in [2.24, 2.45) is 0 Å². The number of aryl methyl sites for hydroxylation is 1. The van der Waals surface area contributed by atoms with Crippen LogP contribution in [0.1, 0.15) is 17.0 Å². The van der Waals surface area contributed by atoms with E-state index in [1.54, 1.807) is 0 Å². The molecule has 122 valence electrons. The van der Waals surface area contributed by atoms with Crippen LogP contribution in [0, 0.1) is 6.92 Å². The van der Waals surface area contributed by atoms with E-state index in [-0.39, 0.29) is 18.5 Å². The van der Waals surface area contributed by atoms with Gasteiger partial charge >= 0.3 is 6.01 Å². The molecule has 3 rings (SSSR count). The summed E-state index contributed by atoms with van der Waals surface area (Å²) in [5.74, 6) is 0.715. The van der Waals surface area contributed by atoms with Gasteiger partial charge in [-0.05, 0) is 24.6 Å². The van der Waals surface area contributed by atoms with E-state index in [2.05, 4.69) is 15.5 Å². The predicted octanol–water partition coefficient (Wildman–Crippen LogP) is 2.99. The van der Waals surface area contributed by atoms with Crippen molar-refractivity contribution in [3.63, 3.8) is 0 Å². The van der Waals surface area contributed by atoms with Crippen molar-refractivity contribution < 1.29 is 13.9 Å². The quantitative estimate of drug-likeness (QED) is 0.754. The highest BCUT2D eigenvalue weighted by molar-refractivity contribution is 5.89. The molecule has 0 bridgehead atoms. The number of hydrogen-bond donors (Lipinski definition) is 1. The summed E-state index contributed by atoms with van der Waals surface area (Å²) in [5, 5.41) is 10.3. The van der Waals surface area contributed by atoms with Gasteiger partial charge in [0.2, 0.25) is 5.89 Å². The summed E-state index contributed by atoms with van der Waals surface area (Å²) >= 11 is 0. The van der Waals surface area contributed by atoms with Crippen LogP contribution in [0.5, 0.6) is 5.75 Å². The summed E-state index contributed by atoms with van der Waals surface area (Å²) in [6.07, 6.45) is 0.517. The molecule has 1 heterocycles. The van der Waals surface area contributed by atoms with Crippen LogP contribution in [0.4, 0.5) is 6.01 Å². The van der Waals surface area contributed by atoms with Gasteiger partial charge in [-0.25, -0.2) is 0 Å². The Bertz CT molecular complexity index is 798. The second-order valence-electron chi connectivity index (χ2n) is 5.31. The van der Waals surface area contributed by atoms with Crippen LogP contribution in [0.2, 0.25) is 0 Å². The van der Waals surface area contributed by atoms with Crippen molar-refractivity contribution in [1.82, 2.24) is 10.2 Å². The molecule has 0 fully saturated rings. The lowest BCUT2D eigenvalue weighted by atomic mass is 10.2. The van der Waals surface area contributed by atoms with Gasteiger partial charge in [0.15, 0.2) is 6.61 Å². The Morgan fingerprint density at radius 1 is 1.08 bits per heavy atom. The summed E-state index contributed by atoms with van der Waals surface area (Å²) < 4.78 is 10.8. The predicted molar refractivity (Wildman–Crippen MR) is 88.8 cm³/mol. The van der Waals surface area contributed by atoms with Gasteiger partial charge in [0.25, 0.3) is 5.91 Å². The molecule has 0 saturated heterocycles. The Morgan fingerprint density at radius 2 is 1.83 bits per heavy atom. The van der Waals surface area contributed by atoms with Gasteiger partial charge in [0.05, 0.1) is 6.42 Å². The maximum atomic E-state index is 11.9. The highest BCUT2D eigenvalue weighted by atomic mass is 16.5. The minimum absolute atomic E-state index is 0.0680. The van der Waals surface area contributed by atoms with Crippen LogP contribution >= 0.6 is 0 Å². The molecule has 24 heavy (non-hydrogen) atoms. The number of carbonyl (C=O) groups is 1. The SMILES string of the molecule is Cc1ccc(OCC(=O)Nc2nnc(Cc3ccccc3)o2)cc1. The first-order chi connectivity index (χ1) is 11.7. The molecule has 0 spiro atoms. The van der Waals surface area contributed by atoms with Gasteiger partial charge in [-0.2, -0.15) is 0 Å². The van der Waals surface area contributed by atoms with Crippen molar-refractivity contribution in [3.8, 4) is 5.75 Å². The maximum Gasteiger partial charge on any atom is 0.322 e. The number of ether oxygens (including phenoxy) is 1. The first-order valence-electron chi connectivity index (χ1n) is 7.55. The number of hydrogen-bond acceptors (Lipinski definition) is 5. The maximum absolute atomic E-state index is 11.9. The fourth-order valence-corrected chi connectivity index (χ4v) is 2.08. The fraction of sp³-hybridized carbons (Fsp3) is 0.167. The van der Waals surface area contributed by atoms with Crippen molar-refractivity contribution >= 4 is 11.9 Å². The number of benzene rings is 2. The zero-order chi connectivity index (χ0) is 16.8. The van der Waals surface area contributed by atoms with Gasteiger partial charge in [-0.15, -0.1) is 5.10 Å². The van der Waals surface area contributed by atoms with E-state index in [1.165, 1.54) is 0 Å². The number of nitrogens with zero attached hydrogens (tertiary/aromatic N) is 2. The molecule has 0 atom stereocenters. The number of carbonyl (C=O) groups excluding carboxylic acids is 1. The lowest BCUT2D eigenvalue weighted by Crippen LogP contribution is -2.20. The van der Waals surface area contributed by atoms with Crippen molar-refractivity contribution in [2.45, 2.75) is 13.3 Å². The van der Waals surface area contributed by atoms with Gasteiger partial charge in [-0.1, -0.05) is 53.1 Å². The molecule has 1 amide bonds. The molecule has 1 aromatic heterocycles. The van der Waals surface area contributed by atoms with E-state index in [1.807, 2.05) is 61.5 Å². The third kappa shape index (κ3) is 4.42. The normalized spacial score (nSPS) is 10.4. The van der Waals surface area contributed by atoms with Gasteiger partial charge in [-0.3, -0.25) is 10.1 Å². The third-order valence-electron chi connectivity index (χ3n) is 3.30. The van der Waals surface area contributed by atoms with Crippen molar-refractivity contribution in [1.29, 1.82) is 0 Å². The highest BCUT2D eigenvalue weighted by Crippen LogP contribution is 2.13. The molecule has 0 unspecified atom stereocenters. The lowest BCUT2D eigenvalue weighted by Gasteiger charge is -2.05. The Labute approximate surface area is 139 Å². The monoisotopic (exact) mass is 323 g/mol. The van der Waals surface area contributed by atoms with E-state index in [9.17, 15) is 4.79 Å². The smallest absolute Gasteiger partial charge is 0.322 e. The second-order valence-corrected chi connectivity index (χ2v) is 5.31. The Morgan fingerprint density at radius 3 is 2.58 bits per heavy atom. The number of amides is 1. The van der Waals surface area contributed by atoms with E-state index in [0.29, 0.717) is 18.1 Å².